The molecule has 0 radical (unpaired) electrons. The Kier molecular flexibility index (Phi) is 6.99. The van der Waals surface area contributed by atoms with E-state index in [0.717, 1.165) is 40.7 Å². The van der Waals surface area contributed by atoms with E-state index in [1.54, 1.807) is 17.6 Å². The first-order valence-electron chi connectivity index (χ1n) is 9.29. The summed E-state index contributed by atoms with van der Waals surface area (Å²) in [5.74, 6) is 0.902. The third kappa shape index (κ3) is 5.93. The van der Waals surface area contributed by atoms with Crippen molar-refractivity contribution >= 4 is 22.7 Å². The van der Waals surface area contributed by atoms with Crippen molar-refractivity contribution < 1.29 is 4.74 Å². The molecule has 1 N–H and O–H groups in total. The Bertz CT molecular complexity index is 854. The van der Waals surface area contributed by atoms with E-state index in [-0.39, 0.29) is 0 Å². The Hall–Kier alpha value is -2.66. The number of ether oxygens (including phenoxy) is 1. The van der Waals surface area contributed by atoms with Crippen molar-refractivity contribution in [3.05, 3.63) is 65.0 Å². The molecule has 0 aliphatic heterocycles. The maximum Gasteiger partial charge on any atom is 0.203 e. The zero-order valence-electron chi connectivity index (χ0n) is 15.8. The lowest BCUT2D eigenvalue weighted by molar-refractivity contribution is 0.306. The van der Waals surface area contributed by atoms with Crippen molar-refractivity contribution in [1.29, 1.82) is 0 Å². The van der Waals surface area contributed by atoms with E-state index in [1.165, 1.54) is 18.4 Å². The third-order valence-corrected chi connectivity index (χ3v) is 4.87. The normalized spacial score (nSPS) is 11.0. The number of nitrogens with zero attached hydrogens (tertiary/aromatic N) is 2. The van der Waals surface area contributed by atoms with Gasteiger partial charge in [-0.1, -0.05) is 49.6 Å². The largest absolute Gasteiger partial charge is 0.494 e. The van der Waals surface area contributed by atoms with Crippen LogP contribution in [-0.2, 0) is 0 Å². The SMILES string of the molecule is CCCCCOc1ccc(/C=N\Nc2nc(-c3ccc(C)cc3)cs2)cc1. The van der Waals surface area contributed by atoms with Crippen LogP contribution in [0.5, 0.6) is 5.75 Å². The van der Waals surface area contributed by atoms with Gasteiger partial charge in [0.05, 0.1) is 18.5 Å². The summed E-state index contributed by atoms with van der Waals surface area (Å²) in [7, 11) is 0. The van der Waals surface area contributed by atoms with Crippen LogP contribution in [0.1, 0.15) is 37.3 Å². The van der Waals surface area contributed by atoms with Gasteiger partial charge < -0.3 is 4.74 Å². The number of unbranched alkanes of at least 4 members (excludes halogenated alkanes) is 2. The molecule has 5 heteroatoms. The molecule has 4 nitrogen and oxygen atoms in total. The quantitative estimate of drug-likeness (QED) is 0.276. The maximum atomic E-state index is 5.72. The van der Waals surface area contributed by atoms with Crippen LogP contribution < -0.4 is 10.2 Å². The molecule has 27 heavy (non-hydrogen) atoms. The minimum absolute atomic E-state index is 0.774. The smallest absolute Gasteiger partial charge is 0.203 e. The summed E-state index contributed by atoms with van der Waals surface area (Å²) in [6.07, 6.45) is 5.30. The Labute approximate surface area is 164 Å². The molecule has 0 atom stereocenters. The van der Waals surface area contributed by atoms with E-state index in [4.69, 9.17) is 4.74 Å². The van der Waals surface area contributed by atoms with E-state index in [2.05, 4.69) is 53.6 Å². The number of aromatic nitrogens is 1. The van der Waals surface area contributed by atoms with E-state index < -0.39 is 0 Å². The molecule has 0 fully saturated rings. The highest BCUT2D eigenvalue weighted by Crippen LogP contribution is 2.25. The van der Waals surface area contributed by atoms with Crippen LogP contribution in [0.4, 0.5) is 5.13 Å². The monoisotopic (exact) mass is 379 g/mol. The zero-order chi connectivity index (χ0) is 18.9. The van der Waals surface area contributed by atoms with Gasteiger partial charge in [0.25, 0.3) is 0 Å². The molecular weight excluding hydrogens is 354 g/mol. The van der Waals surface area contributed by atoms with Gasteiger partial charge in [-0.05, 0) is 43.2 Å². The van der Waals surface area contributed by atoms with Crippen LogP contribution in [-0.4, -0.2) is 17.8 Å². The standard InChI is InChI=1S/C22H25N3OS/c1-3-4-5-14-26-20-12-8-18(9-13-20)15-23-25-22-24-21(16-27-22)19-10-6-17(2)7-11-19/h6-13,15-16H,3-5,14H2,1-2H3,(H,24,25)/b23-15-. The Morgan fingerprint density at radius 1 is 1.07 bits per heavy atom. The van der Waals surface area contributed by atoms with Crippen LogP contribution in [0.2, 0.25) is 0 Å². The zero-order valence-corrected chi connectivity index (χ0v) is 16.6. The molecule has 0 aliphatic rings. The highest BCUT2D eigenvalue weighted by Gasteiger charge is 2.03. The number of hydrogen-bond donors (Lipinski definition) is 1. The summed E-state index contributed by atoms with van der Waals surface area (Å²) in [5, 5.41) is 7.09. The van der Waals surface area contributed by atoms with Gasteiger partial charge in [-0.3, -0.25) is 5.43 Å². The first-order valence-corrected chi connectivity index (χ1v) is 10.2. The maximum absolute atomic E-state index is 5.72. The minimum atomic E-state index is 0.774. The Balaban J connectivity index is 1.51. The molecule has 0 saturated carbocycles. The van der Waals surface area contributed by atoms with E-state index in [1.807, 2.05) is 29.6 Å². The molecule has 0 unspecified atom stereocenters. The molecule has 2 aromatic carbocycles. The number of aryl methyl sites for hydroxylation is 1. The van der Waals surface area contributed by atoms with E-state index >= 15 is 0 Å². The van der Waals surface area contributed by atoms with Crippen molar-refractivity contribution in [1.82, 2.24) is 4.98 Å². The molecule has 0 aliphatic carbocycles. The molecule has 0 bridgehead atoms. The fourth-order valence-electron chi connectivity index (χ4n) is 2.54. The van der Waals surface area contributed by atoms with Crippen molar-refractivity contribution in [2.75, 3.05) is 12.0 Å². The summed E-state index contributed by atoms with van der Waals surface area (Å²) < 4.78 is 5.72. The average molecular weight is 380 g/mol. The summed E-state index contributed by atoms with van der Waals surface area (Å²) in [4.78, 5) is 4.58. The van der Waals surface area contributed by atoms with Crippen LogP contribution in [0.3, 0.4) is 0 Å². The number of nitrogens with one attached hydrogen (secondary N) is 1. The predicted octanol–water partition coefficient (Wildman–Crippen LogP) is 6.13. The van der Waals surface area contributed by atoms with Crippen LogP contribution in [0.15, 0.2) is 59.0 Å². The van der Waals surface area contributed by atoms with Crippen LogP contribution in [0, 0.1) is 6.92 Å². The average Bonchev–Trinajstić information content (AvgIpc) is 3.16. The molecule has 0 spiro atoms. The number of anilines is 1. The molecule has 140 valence electrons. The van der Waals surface area contributed by atoms with Crippen molar-refractivity contribution in [3.8, 4) is 17.0 Å². The Morgan fingerprint density at radius 2 is 1.85 bits per heavy atom. The fraction of sp³-hybridized carbons (Fsp3) is 0.273. The van der Waals surface area contributed by atoms with Gasteiger partial charge in [0.1, 0.15) is 5.75 Å². The van der Waals surface area contributed by atoms with E-state index in [9.17, 15) is 0 Å². The highest BCUT2D eigenvalue weighted by molar-refractivity contribution is 7.14. The van der Waals surface area contributed by atoms with Gasteiger partial charge in [0, 0.05) is 10.9 Å². The predicted molar refractivity (Wildman–Crippen MR) is 115 cm³/mol. The van der Waals surface area contributed by atoms with Gasteiger partial charge in [-0.15, -0.1) is 11.3 Å². The number of hydrazone groups is 1. The molecular formula is C22H25N3OS. The lowest BCUT2D eigenvalue weighted by atomic mass is 10.1. The van der Waals surface area contributed by atoms with E-state index in [0.29, 0.717) is 0 Å². The number of thiazole rings is 1. The Morgan fingerprint density at radius 3 is 2.59 bits per heavy atom. The molecule has 3 aromatic rings. The fourth-order valence-corrected chi connectivity index (χ4v) is 3.20. The molecule has 3 rings (SSSR count). The van der Waals surface area contributed by atoms with Gasteiger partial charge in [0.2, 0.25) is 5.13 Å². The van der Waals surface area contributed by atoms with Crippen LogP contribution >= 0.6 is 11.3 Å². The van der Waals surface area contributed by atoms with Gasteiger partial charge in [-0.2, -0.15) is 5.10 Å². The number of hydrogen-bond acceptors (Lipinski definition) is 5. The second-order valence-corrected chi connectivity index (χ2v) is 7.26. The molecule has 1 heterocycles. The van der Waals surface area contributed by atoms with Crippen molar-refractivity contribution in [3.63, 3.8) is 0 Å². The lowest BCUT2D eigenvalue weighted by Crippen LogP contribution is -1.97. The van der Waals surface area contributed by atoms with Crippen molar-refractivity contribution in [2.24, 2.45) is 5.10 Å². The molecule has 0 amide bonds. The first-order chi connectivity index (χ1) is 13.2. The lowest BCUT2D eigenvalue weighted by Gasteiger charge is -2.05. The second kappa shape index (κ2) is 9.88. The minimum Gasteiger partial charge on any atom is -0.494 e. The summed E-state index contributed by atoms with van der Waals surface area (Å²) in [5.41, 5.74) is 7.34. The summed E-state index contributed by atoms with van der Waals surface area (Å²) in [6.45, 7) is 5.05. The second-order valence-electron chi connectivity index (χ2n) is 6.40. The topological polar surface area (TPSA) is 46.5 Å². The highest BCUT2D eigenvalue weighted by atomic mass is 32.1. The number of rotatable bonds is 9. The first kappa shape index (κ1) is 19.1. The van der Waals surface area contributed by atoms with Crippen LogP contribution in [0.25, 0.3) is 11.3 Å². The van der Waals surface area contributed by atoms with Crippen molar-refractivity contribution in [2.45, 2.75) is 33.1 Å². The summed E-state index contributed by atoms with van der Waals surface area (Å²) in [6, 6.07) is 16.3. The summed E-state index contributed by atoms with van der Waals surface area (Å²) >= 11 is 1.54. The number of benzene rings is 2. The molecule has 1 aromatic heterocycles. The van der Waals surface area contributed by atoms with Gasteiger partial charge >= 0.3 is 0 Å². The third-order valence-electron chi connectivity index (χ3n) is 4.12. The van der Waals surface area contributed by atoms with Gasteiger partial charge in [0.15, 0.2) is 0 Å². The molecule has 0 saturated heterocycles. The van der Waals surface area contributed by atoms with Gasteiger partial charge in [-0.25, -0.2) is 4.98 Å².